The summed E-state index contributed by atoms with van der Waals surface area (Å²) in [4.78, 5) is 38.5. The number of amides is 1. The first-order valence-corrected chi connectivity index (χ1v) is 27.1. The summed E-state index contributed by atoms with van der Waals surface area (Å²) < 4.78 is 51.2. The monoisotopic (exact) mass is 969 g/mol. The van der Waals surface area contributed by atoms with Gasteiger partial charge in [0, 0.05) is 18.0 Å². The van der Waals surface area contributed by atoms with Crippen molar-refractivity contribution in [2.45, 2.75) is 129 Å². The highest BCUT2D eigenvalue weighted by Crippen LogP contribution is 2.53. The largest absolute Gasteiger partial charge is 0.497 e. The van der Waals surface area contributed by atoms with Gasteiger partial charge in [-0.05, 0) is 86.8 Å². The van der Waals surface area contributed by atoms with Gasteiger partial charge in [0.2, 0.25) is 11.9 Å². The third-order valence-corrected chi connectivity index (χ3v) is 19.1. The fraction of sp³-hybridized carbons (Fsp3) is 0.500. The van der Waals surface area contributed by atoms with Crippen LogP contribution < -0.4 is 20.3 Å². The van der Waals surface area contributed by atoms with Crippen LogP contribution in [0.25, 0.3) is 11.2 Å². The van der Waals surface area contributed by atoms with Gasteiger partial charge in [0.25, 0.3) is 14.1 Å². The smallest absolute Gasteiger partial charge is 0.280 e. The van der Waals surface area contributed by atoms with Crippen molar-refractivity contribution in [3.05, 3.63) is 112 Å². The quantitative estimate of drug-likeness (QED) is 0.0307. The number of anilines is 1. The molecule has 5 atom stereocenters. The summed E-state index contributed by atoms with van der Waals surface area (Å²) in [6, 6.07) is 27.8. The van der Waals surface area contributed by atoms with Crippen molar-refractivity contribution in [1.29, 1.82) is 5.26 Å². The molecule has 6 rings (SSSR count). The number of nitrogens with zero attached hydrogens (tertiary/aromatic N) is 5. The van der Waals surface area contributed by atoms with Crippen LogP contribution >= 0.6 is 8.53 Å². The summed E-state index contributed by atoms with van der Waals surface area (Å²) in [5.41, 5.74) is 0.967. The van der Waals surface area contributed by atoms with Gasteiger partial charge in [0.05, 0.1) is 46.3 Å². The van der Waals surface area contributed by atoms with E-state index in [0.29, 0.717) is 11.5 Å². The summed E-state index contributed by atoms with van der Waals surface area (Å²) in [6.45, 7) is 22.8. The number of nitriles is 1. The number of methoxy groups -OCH3 is 2. The number of aromatic amines is 1. The van der Waals surface area contributed by atoms with Crippen LogP contribution in [0.15, 0.2) is 90.0 Å². The van der Waals surface area contributed by atoms with Crippen molar-refractivity contribution < 1.29 is 37.2 Å². The van der Waals surface area contributed by atoms with E-state index in [2.05, 4.69) is 87.6 Å². The lowest BCUT2D eigenvalue weighted by atomic mass is 9.80. The molecule has 16 nitrogen and oxygen atoms in total. The van der Waals surface area contributed by atoms with Gasteiger partial charge in [0.1, 0.15) is 35.4 Å². The van der Waals surface area contributed by atoms with Gasteiger partial charge >= 0.3 is 0 Å². The van der Waals surface area contributed by atoms with E-state index in [4.69, 9.17) is 37.4 Å². The Balaban J connectivity index is 1.58. The van der Waals surface area contributed by atoms with Gasteiger partial charge in [-0.15, -0.1) is 0 Å². The second-order valence-corrected chi connectivity index (χ2v) is 25.4. The van der Waals surface area contributed by atoms with Crippen LogP contribution in [0.5, 0.6) is 11.5 Å². The van der Waals surface area contributed by atoms with Gasteiger partial charge in [-0.1, -0.05) is 89.2 Å². The van der Waals surface area contributed by atoms with Crippen LogP contribution in [-0.4, -0.2) is 96.2 Å². The molecule has 0 aliphatic carbocycles. The normalized spacial score (nSPS) is 18.4. The number of hydrogen-bond acceptors (Lipinski definition) is 13. The van der Waals surface area contributed by atoms with Crippen LogP contribution in [0.2, 0.25) is 18.1 Å². The molecule has 5 aromatic rings. The predicted molar refractivity (Wildman–Crippen MR) is 266 cm³/mol. The second-order valence-electron chi connectivity index (χ2n) is 19.2. The Morgan fingerprint density at radius 1 is 0.912 bits per heavy atom. The first-order chi connectivity index (χ1) is 32.3. The number of hydrogen-bond donors (Lipinski definition) is 2. The lowest BCUT2D eigenvalue weighted by molar-refractivity contribution is -0.118. The van der Waals surface area contributed by atoms with E-state index in [9.17, 15) is 14.9 Å². The van der Waals surface area contributed by atoms with Gasteiger partial charge in [0.15, 0.2) is 25.7 Å². The molecule has 2 aromatic heterocycles. The molecule has 0 saturated carbocycles. The molecule has 0 radical (unpaired) electrons. The number of imidazole rings is 1. The van der Waals surface area contributed by atoms with E-state index in [0.717, 1.165) is 16.7 Å². The van der Waals surface area contributed by atoms with Crippen LogP contribution in [0.3, 0.4) is 0 Å². The molecule has 1 saturated heterocycles. The SMILES string of the molecule is COc1ccc(C(OC[C@H]2O[C@@H](n3cnc4c(=O)[nH]c(NC(=O)C(C)C)nc43)[C@@H](OP(OCCC#N)N(C(C)C)C(C)C)[C@@H]2O[Si](C)(C)C(C)(C)C)(c2ccccc2)c2ccc(OC)cc2)cc1. The molecular weight excluding hydrogens is 902 g/mol. The van der Waals surface area contributed by atoms with Crippen molar-refractivity contribution in [3.8, 4) is 17.6 Å². The highest BCUT2D eigenvalue weighted by atomic mass is 31.2. The zero-order valence-electron chi connectivity index (χ0n) is 41.6. The third-order valence-electron chi connectivity index (χ3n) is 12.5. The highest BCUT2D eigenvalue weighted by molar-refractivity contribution is 7.44. The van der Waals surface area contributed by atoms with E-state index in [1.807, 2.05) is 78.9 Å². The Morgan fingerprint density at radius 3 is 2.00 bits per heavy atom. The predicted octanol–water partition coefficient (Wildman–Crippen LogP) is 9.69. The molecule has 3 aromatic carbocycles. The first kappa shape index (κ1) is 52.4. The fourth-order valence-electron chi connectivity index (χ4n) is 7.95. The van der Waals surface area contributed by atoms with E-state index >= 15 is 0 Å². The Kier molecular flexibility index (Phi) is 17.1. The van der Waals surface area contributed by atoms with Gasteiger partial charge in [-0.2, -0.15) is 10.2 Å². The number of ether oxygens (including phenoxy) is 4. The highest BCUT2D eigenvalue weighted by Gasteiger charge is 2.54. The van der Waals surface area contributed by atoms with Gasteiger partial charge in [-0.25, -0.2) is 9.65 Å². The molecule has 1 fully saturated rings. The molecule has 2 N–H and O–H groups in total. The molecule has 0 spiro atoms. The standard InChI is InChI=1S/C50H68N7O9PSi/c1-32(2)45(58)54-48-53-44-41(46(59)55-48)52-31-56(44)47-43(65-67(63-29-17-28-51)57(33(3)4)34(5)6)42(66-68(12,13)49(7,8)9)40(64-47)30-62-50(35-18-15-14-16-19-35,36-20-24-38(60-10)25-21-36)37-22-26-39(61-11)27-23-37/h14-16,18-27,31-34,40,42-43,47H,17,29-30H2,1-13H3,(H2,53,54,55,58,59)/t40-,42-,43+,47-,67?/m1/s1. The minimum Gasteiger partial charge on any atom is -0.497 e. The van der Waals surface area contributed by atoms with Crippen LogP contribution in [-0.2, 0) is 33.3 Å². The molecule has 3 heterocycles. The van der Waals surface area contributed by atoms with Crippen LogP contribution in [0.1, 0.15) is 91.7 Å². The number of H-pyrrole nitrogens is 1. The average Bonchev–Trinajstić information content (AvgIpc) is 3.87. The van der Waals surface area contributed by atoms with Crippen molar-refractivity contribution in [2.75, 3.05) is 32.8 Å². The molecule has 1 unspecified atom stereocenters. The van der Waals surface area contributed by atoms with E-state index < -0.39 is 52.5 Å². The number of carbonyl (C=O) groups excluding carboxylic acids is 1. The fourth-order valence-corrected chi connectivity index (χ4v) is 11.0. The number of benzene rings is 3. The van der Waals surface area contributed by atoms with Crippen molar-refractivity contribution in [1.82, 2.24) is 24.2 Å². The zero-order chi connectivity index (χ0) is 49.6. The minimum atomic E-state index is -2.69. The van der Waals surface area contributed by atoms with E-state index in [1.165, 1.54) is 6.33 Å². The van der Waals surface area contributed by atoms with Crippen molar-refractivity contribution in [3.63, 3.8) is 0 Å². The van der Waals surface area contributed by atoms with E-state index in [1.54, 1.807) is 32.6 Å². The zero-order valence-corrected chi connectivity index (χ0v) is 43.5. The molecule has 1 aliphatic rings. The number of aromatic nitrogens is 4. The number of fused-ring (bicyclic) bond motifs is 1. The summed E-state index contributed by atoms with van der Waals surface area (Å²) in [5.74, 6) is 0.636. The maximum absolute atomic E-state index is 13.6. The Bertz CT molecular complexity index is 2490. The Labute approximate surface area is 402 Å². The third kappa shape index (κ3) is 11.4. The van der Waals surface area contributed by atoms with E-state index in [-0.39, 0.29) is 65.7 Å². The summed E-state index contributed by atoms with van der Waals surface area (Å²) in [7, 11) is -1.29. The lowest BCUT2D eigenvalue weighted by Crippen LogP contribution is -2.51. The number of carbonyl (C=O) groups is 1. The Hall–Kier alpha value is -5.02. The average molecular weight is 970 g/mol. The Morgan fingerprint density at radius 2 is 1.49 bits per heavy atom. The minimum absolute atomic E-state index is 0.0234. The van der Waals surface area contributed by atoms with Crippen molar-refractivity contribution in [2.24, 2.45) is 5.92 Å². The van der Waals surface area contributed by atoms with Crippen molar-refractivity contribution >= 4 is 39.9 Å². The second kappa shape index (κ2) is 22.2. The summed E-state index contributed by atoms with van der Waals surface area (Å²) in [5, 5.41) is 12.1. The molecule has 0 bridgehead atoms. The summed E-state index contributed by atoms with van der Waals surface area (Å²) in [6.07, 6.45) is -1.92. The van der Waals surface area contributed by atoms with Gasteiger partial charge < -0.3 is 32.4 Å². The molecular formula is C50H68N7O9PSi. The molecule has 1 aliphatic heterocycles. The topological polar surface area (TPSA) is 184 Å². The maximum atomic E-state index is 13.6. The number of rotatable bonds is 21. The molecule has 68 heavy (non-hydrogen) atoms. The molecule has 1 amide bonds. The van der Waals surface area contributed by atoms with Gasteiger partial charge in [-0.3, -0.25) is 24.5 Å². The first-order valence-electron chi connectivity index (χ1n) is 23.1. The molecule has 366 valence electrons. The maximum Gasteiger partial charge on any atom is 0.280 e. The summed E-state index contributed by atoms with van der Waals surface area (Å²) >= 11 is 0. The molecule has 18 heteroatoms. The lowest BCUT2D eigenvalue weighted by Gasteiger charge is -2.43. The van der Waals surface area contributed by atoms with Crippen LogP contribution in [0.4, 0.5) is 5.95 Å². The van der Waals surface area contributed by atoms with Crippen LogP contribution in [0, 0.1) is 17.2 Å². The number of nitrogens with one attached hydrogen (secondary N) is 2.